The highest BCUT2D eigenvalue weighted by molar-refractivity contribution is 7.89. The largest absolute Gasteiger partial charge is 0.398 e. The van der Waals surface area contributed by atoms with Gasteiger partial charge in [0.2, 0.25) is 10.0 Å². The lowest BCUT2D eigenvalue weighted by atomic mass is 10.2. The van der Waals surface area contributed by atoms with Crippen LogP contribution in [0.1, 0.15) is 5.56 Å². The monoisotopic (exact) mass is 294 g/mol. The Morgan fingerprint density at radius 2 is 2.06 bits per heavy atom. The summed E-state index contributed by atoms with van der Waals surface area (Å²) in [5.74, 6) is -0.686. The van der Waals surface area contributed by atoms with Crippen LogP contribution < -0.4 is 10.5 Å². The molecule has 0 aliphatic rings. The van der Waals surface area contributed by atoms with Gasteiger partial charge in [-0.1, -0.05) is 0 Å². The van der Waals surface area contributed by atoms with E-state index in [-0.39, 0.29) is 18.0 Å². The summed E-state index contributed by atoms with van der Waals surface area (Å²) < 4.78 is 50.2. The van der Waals surface area contributed by atoms with Crippen molar-refractivity contribution >= 4 is 26.5 Å². The molecule has 0 amide bonds. The molecule has 5 nitrogen and oxygen atoms in total. The number of halogens is 1. The molecule has 0 aliphatic heterocycles. The van der Waals surface area contributed by atoms with Gasteiger partial charge >= 0.3 is 0 Å². The summed E-state index contributed by atoms with van der Waals surface area (Å²) in [6, 6.07) is 2.15. The van der Waals surface area contributed by atoms with E-state index >= 15 is 0 Å². The summed E-state index contributed by atoms with van der Waals surface area (Å²) in [5.41, 5.74) is 6.23. The maximum atomic E-state index is 13.6. The van der Waals surface area contributed by atoms with E-state index in [0.29, 0.717) is 5.56 Å². The molecule has 0 aromatic heterocycles. The van der Waals surface area contributed by atoms with E-state index in [1.807, 2.05) is 0 Å². The molecule has 0 radical (unpaired) electrons. The number of sulfonamides is 1. The molecule has 3 N–H and O–H groups in total. The van der Waals surface area contributed by atoms with Crippen LogP contribution in [0.25, 0.3) is 0 Å². The van der Waals surface area contributed by atoms with Gasteiger partial charge in [0.25, 0.3) is 0 Å². The zero-order chi connectivity index (χ0) is 13.9. The molecular formula is C10H15FN2O3S2. The molecule has 0 spiro atoms. The second-order valence-corrected chi connectivity index (χ2v) is 7.10. The topological polar surface area (TPSA) is 89.3 Å². The molecular weight excluding hydrogens is 279 g/mol. The van der Waals surface area contributed by atoms with Crippen LogP contribution in [0.15, 0.2) is 17.0 Å². The van der Waals surface area contributed by atoms with E-state index in [1.54, 1.807) is 6.92 Å². The number of rotatable bonds is 5. The maximum Gasteiger partial charge on any atom is 0.243 e. The van der Waals surface area contributed by atoms with Crippen molar-refractivity contribution in [2.75, 3.05) is 24.3 Å². The Morgan fingerprint density at radius 1 is 1.44 bits per heavy atom. The van der Waals surface area contributed by atoms with Gasteiger partial charge in [-0.25, -0.2) is 17.5 Å². The molecule has 1 aromatic carbocycles. The molecule has 1 unspecified atom stereocenters. The Bertz CT molecular complexity index is 573. The molecule has 18 heavy (non-hydrogen) atoms. The molecule has 1 atom stereocenters. The lowest BCUT2D eigenvalue weighted by Gasteiger charge is -2.09. The third-order valence-corrected chi connectivity index (χ3v) is 4.55. The summed E-state index contributed by atoms with van der Waals surface area (Å²) in [5, 5.41) is 0. The first-order valence-electron chi connectivity index (χ1n) is 5.09. The lowest BCUT2D eigenvalue weighted by molar-refractivity contribution is 0.558. The summed E-state index contributed by atoms with van der Waals surface area (Å²) in [7, 11) is -5.08. The molecule has 0 aliphatic carbocycles. The van der Waals surface area contributed by atoms with Gasteiger partial charge in [-0.05, 0) is 24.6 Å². The standard InChI is InChI=1S/C10H15FN2O3S2/c1-7-5-8(11)10(6-9(7)12)18(15,16)13-3-4-17(2)14/h5-6,13H,3-4,12H2,1-2H3. The van der Waals surface area contributed by atoms with Crippen LogP contribution in [0.3, 0.4) is 0 Å². The Hall–Kier alpha value is -0.990. The molecule has 0 bridgehead atoms. The number of benzene rings is 1. The minimum absolute atomic E-state index is 0.0152. The van der Waals surface area contributed by atoms with Gasteiger partial charge in [-0.15, -0.1) is 0 Å². The van der Waals surface area contributed by atoms with Crippen LogP contribution in [0, 0.1) is 12.7 Å². The lowest BCUT2D eigenvalue weighted by Crippen LogP contribution is -2.28. The fraction of sp³-hybridized carbons (Fsp3) is 0.400. The summed E-state index contributed by atoms with van der Waals surface area (Å²) in [6.45, 7) is 1.57. The molecule has 1 aromatic rings. The van der Waals surface area contributed by atoms with E-state index in [9.17, 15) is 17.0 Å². The molecule has 102 valence electrons. The normalized spacial score (nSPS) is 13.5. The van der Waals surface area contributed by atoms with Crippen molar-refractivity contribution in [2.45, 2.75) is 11.8 Å². The highest BCUT2D eigenvalue weighted by Gasteiger charge is 2.19. The van der Waals surface area contributed by atoms with Gasteiger partial charge in [0.05, 0.1) is 0 Å². The fourth-order valence-corrected chi connectivity index (χ4v) is 2.91. The van der Waals surface area contributed by atoms with Gasteiger partial charge in [0.1, 0.15) is 10.7 Å². The van der Waals surface area contributed by atoms with E-state index in [2.05, 4.69) is 4.72 Å². The molecule has 0 heterocycles. The Balaban J connectivity index is 2.98. The SMILES string of the molecule is Cc1cc(F)c(S(=O)(=O)NCCS(C)=O)cc1N. The van der Waals surface area contributed by atoms with Gasteiger partial charge in [-0.2, -0.15) is 0 Å². The average molecular weight is 294 g/mol. The summed E-state index contributed by atoms with van der Waals surface area (Å²) in [4.78, 5) is -0.493. The van der Waals surface area contributed by atoms with Crippen LogP contribution in [0.5, 0.6) is 0 Å². The molecule has 8 heteroatoms. The first-order valence-corrected chi connectivity index (χ1v) is 8.30. The van der Waals surface area contributed by atoms with Crippen LogP contribution in [-0.4, -0.2) is 31.2 Å². The second-order valence-electron chi connectivity index (χ2n) is 3.81. The number of anilines is 1. The van der Waals surface area contributed by atoms with Crippen molar-refractivity contribution in [3.05, 3.63) is 23.5 Å². The van der Waals surface area contributed by atoms with E-state index in [0.717, 1.165) is 12.1 Å². The highest BCUT2D eigenvalue weighted by Crippen LogP contribution is 2.21. The van der Waals surface area contributed by atoms with Gasteiger partial charge in [0.15, 0.2) is 0 Å². The minimum atomic E-state index is -3.97. The molecule has 0 saturated heterocycles. The molecule has 0 fully saturated rings. The van der Waals surface area contributed by atoms with Crippen molar-refractivity contribution in [2.24, 2.45) is 0 Å². The molecule has 0 saturated carbocycles. The van der Waals surface area contributed by atoms with Crippen LogP contribution >= 0.6 is 0 Å². The number of hydrogen-bond donors (Lipinski definition) is 2. The zero-order valence-electron chi connectivity index (χ0n) is 10.1. The predicted molar refractivity (Wildman–Crippen MR) is 69.7 cm³/mol. The Morgan fingerprint density at radius 3 is 2.61 bits per heavy atom. The van der Waals surface area contributed by atoms with Gasteiger partial charge < -0.3 is 5.73 Å². The average Bonchev–Trinajstić information content (AvgIpc) is 2.22. The number of hydrogen-bond acceptors (Lipinski definition) is 4. The fourth-order valence-electron chi connectivity index (χ4n) is 1.27. The quantitative estimate of drug-likeness (QED) is 0.768. The predicted octanol–water partition coefficient (Wildman–Crippen LogP) is 0.373. The Labute approximate surface area is 108 Å². The van der Waals surface area contributed by atoms with E-state index in [1.165, 1.54) is 6.26 Å². The smallest absolute Gasteiger partial charge is 0.243 e. The van der Waals surface area contributed by atoms with Crippen LogP contribution in [0.4, 0.5) is 10.1 Å². The minimum Gasteiger partial charge on any atom is -0.398 e. The van der Waals surface area contributed by atoms with Gasteiger partial charge in [-0.3, -0.25) is 4.21 Å². The van der Waals surface area contributed by atoms with Crippen molar-refractivity contribution in [1.29, 1.82) is 0 Å². The maximum absolute atomic E-state index is 13.6. The third-order valence-electron chi connectivity index (χ3n) is 2.29. The van der Waals surface area contributed by atoms with Crippen molar-refractivity contribution in [1.82, 2.24) is 4.72 Å². The number of aryl methyl sites for hydroxylation is 1. The van der Waals surface area contributed by atoms with Crippen molar-refractivity contribution in [3.63, 3.8) is 0 Å². The van der Waals surface area contributed by atoms with Gasteiger partial charge in [0, 0.05) is 35.0 Å². The number of nitrogens with two attached hydrogens (primary N) is 1. The van der Waals surface area contributed by atoms with Crippen LogP contribution in [-0.2, 0) is 20.8 Å². The number of nitrogen functional groups attached to an aromatic ring is 1. The first kappa shape index (κ1) is 15.1. The van der Waals surface area contributed by atoms with E-state index < -0.39 is 31.5 Å². The van der Waals surface area contributed by atoms with Crippen LogP contribution in [0.2, 0.25) is 0 Å². The van der Waals surface area contributed by atoms with Crippen molar-refractivity contribution < 1.29 is 17.0 Å². The summed E-state index contributed by atoms with van der Waals surface area (Å²) >= 11 is 0. The van der Waals surface area contributed by atoms with E-state index in [4.69, 9.17) is 5.73 Å². The second kappa shape index (κ2) is 5.77. The number of nitrogens with one attached hydrogen (secondary N) is 1. The highest BCUT2D eigenvalue weighted by atomic mass is 32.2. The Kier molecular flexibility index (Phi) is 4.83. The van der Waals surface area contributed by atoms with Crippen molar-refractivity contribution in [3.8, 4) is 0 Å². The third kappa shape index (κ3) is 3.76. The first-order chi connectivity index (χ1) is 8.24. The summed E-state index contributed by atoms with van der Waals surface area (Å²) in [6.07, 6.45) is 1.46. The molecule has 1 rings (SSSR count). The zero-order valence-corrected chi connectivity index (χ0v) is 11.7.